The minimum absolute atomic E-state index is 0.256. The summed E-state index contributed by atoms with van der Waals surface area (Å²) in [5.41, 5.74) is 2.40. The fraction of sp³-hybridized carbons (Fsp3) is 0.211. The Hall–Kier alpha value is -3.22. The van der Waals surface area contributed by atoms with Crippen LogP contribution >= 0.6 is 0 Å². The third-order valence-corrected chi connectivity index (χ3v) is 4.46. The molecule has 1 fully saturated rings. The third kappa shape index (κ3) is 2.81. The van der Waals surface area contributed by atoms with Crippen LogP contribution in [0.2, 0.25) is 0 Å². The second kappa shape index (κ2) is 6.25. The molecule has 4 rings (SSSR count). The van der Waals surface area contributed by atoms with Gasteiger partial charge in [-0.15, -0.1) is 0 Å². The maximum absolute atomic E-state index is 13.6. The SMILES string of the molecule is Cc1ccc2nc(C(=O)N3CCNC(=O)C3c3cccc(F)c3)cn2c1. The number of fused-ring (bicyclic) bond motifs is 1. The lowest BCUT2D eigenvalue weighted by Gasteiger charge is -2.34. The van der Waals surface area contributed by atoms with E-state index in [-0.39, 0.29) is 17.5 Å². The number of amides is 2. The molecule has 26 heavy (non-hydrogen) atoms. The molecular weight excluding hydrogens is 335 g/mol. The van der Waals surface area contributed by atoms with Crippen molar-refractivity contribution in [2.24, 2.45) is 0 Å². The van der Waals surface area contributed by atoms with Crippen LogP contribution in [0.4, 0.5) is 4.39 Å². The third-order valence-electron chi connectivity index (χ3n) is 4.46. The lowest BCUT2D eigenvalue weighted by molar-refractivity contribution is -0.128. The fourth-order valence-corrected chi connectivity index (χ4v) is 3.25. The molecule has 0 saturated carbocycles. The van der Waals surface area contributed by atoms with Crippen LogP contribution in [0.3, 0.4) is 0 Å². The van der Waals surface area contributed by atoms with E-state index in [1.165, 1.54) is 23.1 Å². The van der Waals surface area contributed by atoms with Crippen LogP contribution in [0, 0.1) is 12.7 Å². The van der Waals surface area contributed by atoms with Crippen molar-refractivity contribution in [2.75, 3.05) is 13.1 Å². The zero-order valence-electron chi connectivity index (χ0n) is 14.1. The number of pyridine rings is 1. The lowest BCUT2D eigenvalue weighted by atomic mass is 10.0. The molecule has 3 aromatic rings. The molecule has 1 unspecified atom stereocenters. The highest BCUT2D eigenvalue weighted by atomic mass is 19.1. The normalized spacial score (nSPS) is 17.4. The second-order valence-corrected chi connectivity index (χ2v) is 6.35. The predicted octanol–water partition coefficient (Wildman–Crippen LogP) is 2.10. The Balaban J connectivity index is 1.72. The van der Waals surface area contributed by atoms with Gasteiger partial charge in [-0.2, -0.15) is 0 Å². The van der Waals surface area contributed by atoms with Gasteiger partial charge >= 0.3 is 0 Å². The molecule has 7 heteroatoms. The van der Waals surface area contributed by atoms with Crippen molar-refractivity contribution in [2.45, 2.75) is 13.0 Å². The predicted molar refractivity (Wildman–Crippen MR) is 93.1 cm³/mol. The molecule has 0 aliphatic carbocycles. The maximum atomic E-state index is 13.6. The molecule has 1 aliphatic heterocycles. The van der Waals surface area contributed by atoms with Crippen molar-refractivity contribution >= 4 is 17.5 Å². The van der Waals surface area contributed by atoms with Gasteiger partial charge in [-0.1, -0.05) is 18.2 Å². The van der Waals surface area contributed by atoms with E-state index >= 15 is 0 Å². The van der Waals surface area contributed by atoms with E-state index in [4.69, 9.17) is 0 Å². The molecule has 1 aromatic carbocycles. The van der Waals surface area contributed by atoms with Crippen molar-refractivity contribution in [3.8, 4) is 0 Å². The Morgan fingerprint density at radius 3 is 2.92 bits per heavy atom. The Kier molecular flexibility index (Phi) is 3.91. The van der Waals surface area contributed by atoms with Crippen LogP contribution in [-0.4, -0.2) is 39.2 Å². The van der Waals surface area contributed by atoms with Gasteiger partial charge in [-0.3, -0.25) is 9.59 Å². The number of hydrogen-bond donors (Lipinski definition) is 1. The quantitative estimate of drug-likeness (QED) is 0.768. The summed E-state index contributed by atoms with van der Waals surface area (Å²) in [6.45, 7) is 2.64. The van der Waals surface area contributed by atoms with E-state index in [9.17, 15) is 14.0 Å². The number of halogens is 1. The molecular formula is C19H17FN4O2. The molecule has 6 nitrogen and oxygen atoms in total. The number of aromatic nitrogens is 2. The van der Waals surface area contributed by atoms with E-state index in [1.54, 1.807) is 16.7 Å². The number of piperazine rings is 1. The van der Waals surface area contributed by atoms with Crippen LogP contribution in [0.25, 0.3) is 5.65 Å². The first kappa shape index (κ1) is 16.3. The van der Waals surface area contributed by atoms with Gasteiger partial charge < -0.3 is 14.6 Å². The zero-order valence-corrected chi connectivity index (χ0v) is 14.1. The lowest BCUT2D eigenvalue weighted by Crippen LogP contribution is -2.52. The first-order valence-corrected chi connectivity index (χ1v) is 8.32. The summed E-state index contributed by atoms with van der Waals surface area (Å²) < 4.78 is 15.4. The van der Waals surface area contributed by atoms with Gasteiger partial charge in [0.05, 0.1) is 0 Å². The smallest absolute Gasteiger partial charge is 0.275 e. The molecule has 1 aliphatic rings. The molecule has 2 amide bonds. The van der Waals surface area contributed by atoms with Crippen molar-refractivity contribution in [3.05, 3.63) is 71.4 Å². The summed E-state index contributed by atoms with van der Waals surface area (Å²) in [4.78, 5) is 31.3. The molecule has 1 saturated heterocycles. The van der Waals surface area contributed by atoms with Crippen LogP contribution in [0.1, 0.15) is 27.7 Å². The Morgan fingerprint density at radius 1 is 1.27 bits per heavy atom. The summed E-state index contributed by atoms with van der Waals surface area (Å²) in [5.74, 6) is -1.12. The van der Waals surface area contributed by atoms with Gasteiger partial charge in [0.25, 0.3) is 5.91 Å². The fourth-order valence-electron chi connectivity index (χ4n) is 3.25. The van der Waals surface area contributed by atoms with Crippen molar-refractivity contribution in [1.29, 1.82) is 0 Å². The molecule has 1 atom stereocenters. The minimum Gasteiger partial charge on any atom is -0.352 e. The van der Waals surface area contributed by atoms with Gasteiger partial charge in [0.15, 0.2) is 0 Å². The Morgan fingerprint density at radius 2 is 2.12 bits per heavy atom. The minimum atomic E-state index is -0.876. The summed E-state index contributed by atoms with van der Waals surface area (Å²) in [6, 6.07) is 8.64. The standard InChI is InChI=1S/C19H17FN4O2/c1-12-5-6-16-22-15(11-23(16)10-12)19(26)24-8-7-21-18(25)17(24)13-3-2-4-14(20)9-13/h2-6,9-11,17H,7-8H2,1H3,(H,21,25). The molecule has 0 bridgehead atoms. The van der Waals surface area contributed by atoms with E-state index in [2.05, 4.69) is 10.3 Å². The average Bonchev–Trinajstić information content (AvgIpc) is 3.04. The Bertz CT molecular complexity index is 1010. The number of carbonyl (C=O) groups excluding carboxylic acids is 2. The number of imidazole rings is 1. The molecule has 1 N–H and O–H groups in total. The average molecular weight is 352 g/mol. The van der Waals surface area contributed by atoms with Gasteiger partial charge in [0, 0.05) is 25.5 Å². The maximum Gasteiger partial charge on any atom is 0.275 e. The van der Waals surface area contributed by atoms with Crippen LogP contribution in [0.5, 0.6) is 0 Å². The van der Waals surface area contributed by atoms with Crippen LogP contribution in [-0.2, 0) is 4.79 Å². The topological polar surface area (TPSA) is 66.7 Å². The zero-order chi connectivity index (χ0) is 18.3. The summed E-state index contributed by atoms with van der Waals surface area (Å²) >= 11 is 0. The van der Waals surface area contributed by atoms with Crippen LogP contribution < -0.4 is 5.32 Å². The first-order valence-electron chi connectivity index (χ1n) is 8.32. The Labute approximate surface area is 149 Å². The summed E-state index contributed by atoms with van der Waals surface area (Å²) in [6.07, 6.45) is 3.53. The number of nitrogens with one attached hydrogen (secondary N) is 1. The number of carbonyl (C=O) groups is 2. The van der Waals surface area contributed by atoms with Gasteiger partial charge in [-0.05, 0) is 36.2 Å². The highest BCUT2D eigenvalue weighted by Gasteiger charge is 2.35. The van der Waals surface area contributed by atoms with Gasteiger partial charge in [-0.25, -0.2) is 9.37 Å². The molecule has 0 radical (unpaired) electrons. The highest BCUT2D eigenvalue weighted by Crippen LogP contribution is 2.25. The monoisotopic (exact) mass is 352 g/mol. The molecule has 3 heterocycles. The molecule has 132 valence electrons. The number of benzene rings is 1. The number of hydrogen-bond acceptors (Lipinski definition) is 3. The largest absolute Gasteiger partial charge is 0.352 e. The van der Waals surface area contributed by atoms with E-state index in [0.29, 0.717) is 24.3 Å². The number of nitrogens with zero attached hydrogens (tertiary/aromatic N) is 3. The van der Waals surface area contributed by atoms with Crippen molar-refractivity contribution in [3.63, 3.8) is 0 Å². The molecule has 0 spiro atoms. The molecule has 2 aromatic heterocycles. The number of aryl methyl sites for hydroxylation is 1. The van der Waals surface area contributed by atoms with Gasteiger partial charge in [0.1, 0.15) is 23.2 Å². The van der Waals surface area contributed by atoms with E-state index < -0.39 is 11.9 Å². The van der Waals surface area contributed by atoms with Gasteiger partial charge in [0.2, 0.25) is 5.91 Å². The van der Waals surface area contributed by atoms with Crippen molar-refractivity contribution < 1.29 is 14.0 Å². The first-order chi connectivity index (χ1) is 12.5. The van der Waals surface area contributed by atoms with E-state index in [0.717, 1.165) is 5.56 Å². The second-order valence-electron chi connectivity index (χ2n) is 6.35. The van der Waals surface area contributed by atoms with Crippen LogP contribution in [0.15, 0.2) is 48.8 Å². The van der Waals surface area contributed by atoms with E-state index in [1.807, 2.05) is 25.3 Å². The van der Waals surface area contributed by atoms with Crippen molar-refractivity contribution in [1.82, 2.24) is 19.6 Å². The summed E-state index contributed by atoms with van der Waals surface area (Å²) in [7, 11) is 0. The summed E-state index contributed by atoms with van der Waals surface area (Å²) in [5, 5.41) is 2.74. The number of rotatable bonds is 2. The highest BCUT2D eigenvalue weighted by molar-refractivity contribution is 5.97.